The normalized spacial score (nSPS) is 11.7. The van der Waals surface area contributed by atoms with Gasteiger partial charge < -0.3 is 20.4 Å². The van der Waals surface area contributed by atoms with Crippen molar-refractivity contribution in [1.29, 1.82) is 0 Å². The fourth-order valence-electron chi connectivity index (χ4n) is 3.06. The predicted molar refractivity (Wildman–Crippen MR) is 111 cm³/mol. The van der Waals surface area contributed by atoms with Crippen molar-refractivity contribution >= 4 is 46.0 Å². The van der Waals surface area contributed by atoms with Crippen LogP contribution in [0.4, 0.5) is 5.69 Å². The highest BCUT2D eigenvalue weighted by molar-refractivity contribution is 6.34. The first-order valence-electron chi connectivity index (χ1n) is 8.90. The molecule has 0 radical (unpaired) electrons. The first-order valence-corrected chi connectivity index (χ1v) is 9.27. The van der Waals surface area contributed by atoms with Gasteiger partial charge in [0.15, 0.2) is 0 Å². The van der Waals surface area contributed by atoms with Crippen molar-refractivity contribution in [2.24, 2.45) is 0 Å². The summed E-state index contributed by atoms with van der Waals surface area (Å²) in [5.74, 6) is -1.33. The highest BCUT2D eigenvalue weighted by Gasteiger charge is 2.23. The number of methoxy groups -OCH3 is 1. The predicted octanol–water partition coefficient (Wildman–Crippen LogP) is 3.29. The van der Waals surface area contributed by atoms with Crippen molar-refractivity contribution in [2.75, 3.05) is 12.4 Å². The van der Waals surface area contributed by atoms with Crippen molar-refractivity contribution in [3.05, 3.63) is 64.8 Å². The number of anilines is 1. The molecule has 0 saturated heterocycles. The molecule has 3 rings (SSSR count). The molecule has 0 fully saturated rings. The number of fused-ring (bicyclic) bond motifs is 1. The van der Waals surface area contributed by atoms with E-state index < -0.39 is 17.9 Å². The Balaban J connectivity index is 1.85. The van der Waals surface area contributed by atoms with E-state index in [9.17, 15) is 14.4 Å². The Morgan fingerprint density at radius 1 is 1.17 bits per heavy atom. The van der Waals surface area contributed by atoms with E-state index in [0.29, 0.717) is 0 Å². The molecule has 2 aromatic carbocycles. The second-order valence-electron chi connectivity index (χ2n) is 6.49. The van der Waals surface area contributed by atoms with Crippen molar-refractivity contribution in [1.82, 2.24) is 10.3 Å². The monoisotopic (exact) mass is 413 g/mol. The molecule has 0 saturated carbocycles. The number of carbonyl (C=O) groups excluding carboxylic acids is 3. The number of hydrogen-bond acceptors (Lipinski definition) is 4. The number of aromatic amines is 1. The number of aromatic nitrogens is 1. The van der Waals surface area contributed by atoms with Gasteiger partial charge in [-0.05, 0) is 29.8 Å². The fourth-order valence-corrected chi connectivity index (χ4v) is 3.23. The van der Waals surface area contributed by atoms with Gasteiger partial charge in [0.1, 0.15) is 6.04 Å². The highest BCUT2D eigenvalue weighted by atomic mass is 35.5. The number of rotatable bonds is 6. The molecular weight excluding hydrogens is 394 g/mol. The molecule has 3 aromatic rings. The van der Waals surface area contributed by atoms with Crippen LogP contribution in [0.15, 0.2) is 48.7 Å². The molecule has 150 valence electrons. The topological polar surface area (TPSA) is 100 Å². The van der Waals surface area contributed by atoms with Gasteiger partial charge in [-0.3, -0.25) is 9.59 Å². The van der Waals surface area contributed by atoms with Crippen LogP contribution in [-0.4, -0.2) is 35.9 Å². The standard InChI is InChI=1S/C21H20ClN3O4/c1-12(26)24-19(10-14-11-23-17-6-4-3-5-15(14)17)20(27)25-18-9-13(21(28)29-2)7-8-16(18)22/h3-9,11,19,23H,10H2,1-2H3,(H,24,26)(H,25,27). The minimum atomic E-state index is -0.829. The minimum Gasteiger partial charge on any atom is -0.465 e. The molecule has 0 aliphatic carbocycles. The zero-order valence-corrected chi connectivity index (χ0v) is 16.7. The van der Waals surface area contributed by atoms with Crippen LogP contribution >= 0.6 is 11.6 Å². The summed E-state index contributed by atoms with van der Waals surface area (Å²) < 4.78 is 4.69. The van der Waals surface area contributed by atoms with Gasteiger partial charge in [0, 0.05) is 30.4 Å². The van der Waals surface area contributed by atoms with E-state index in [-0.39, 0.29) is 28.6 Å². The number of esters is 1. The molecule has 8 heteroatoms. The second kappa shape index (κ2) is 8.79. The minimum absolute atomic E-state index is 0.250. The lowest BCUT2D eigenvalue weighted by molar-refractivity contribution is -0.125. The van der Waals surface area contributed by atoms with Crippen LogP contribution in [-0.2, 0) is 20.7 Å². The summed E-state index contributed by atoms with van der Waals surface area (Å²) in [5, 5.41) is 6.60. The zero-order chi connectivity index (χ0) is 21.0. The first kappa shape index (κ1) is 20.4. The first-order chi connectivity index (χ1) is 13.9. The molecular formula is C21H20ClN3O4. The number of hydrogen-bond donors (Lipinski definition) is 3. The van der Waals surface area contributed by atoms with Crippen LogP contribution in [0.2, 0.25) is 5.02 Å². The third-order valence-electron chi connectivity index (χ3n) is 4.44. The van der Waals surface area contributed by atoms with Gasteiger partial charge >= 0.3 is 5.97 Å². The maximum Gasteiger partial charge on any atom is 0.337 e. The van der Waals surface area contributed by atoms with Gasteiger partial charge in [0.05, 0.1) is 23.4 Å². The lowest BCUT2D eigenvalue weighted by atomic mass is 10.0. The van der Waals surface area contributed by atoms with E-state index in [2.05, 4.69) is 15.6 Å². The maximum absolute atomic E-state index is 12.9. The number of para-hydroxylation sites is 1. The molecule has 0 spiro atoms. The third-order valence-corrected chi connectivity index (χ3v) is 4.77. The van der Waals surface area contributed by atoms with Gasteiger partial charge in [0.2, 0.25) is 11.8 Å². The molecule has 1 atom stereocenters. The average molecular weight is 414 g/mol. The smallest absolute Gasteiger partial charge is 0.337 e. The second-order valence-corrected chi connectivity index (χ2v) is 6.90. The average Bonchev–Trinajstić information content (AvgIpc) is 3.11. The number of amides is 2. The number of ether oxygens (including phenoxy) is 1. The molecule has 1 aromatic heterocycles. The van der Waals surface area contributed by atoms with Crippen LogP contribution in [0.1, 0.15) is 22.8 Å². The number of nitrogens with one attached hydrogen (secondary N) is 3. The molecule has 2 amide bonds. The molecule has 1 heterocycles. The summed E-state index contributed by atoms with van der Waals surface area (Å²) in [7, 11) is 1.27. The molecule has 0 aliphatic heterocycles. The Hall–Kier alpha value is -3.32. The Labute approximate surface area is 172 Å². The van der Waals surface area contributed by atoms with Crippen LogP contribution in [0.5, 0.6) is 0 Å². The van der Waals surface area contributed by atoms with E-state index in [0.717, 1.165) is 16.5 Å². The maximum atomic E-state index is 12.9. The van der Waals surface area contributed by atoms with Crippen LogP contribution in [0, 0.1) is 0 Å². The van der Waals surface area contributed by atoms with Crippen molar-refractivity contribution in [3.8, 4) is 0 Å². The summed E-state index contributed by atoms with van der Waals surface area (Å²) in [6.45, 7) is 1.35. The van der Waals surface area contributed by atoms with E-state index in [1.54, 1.807) is 0 Å². The van der Waals surface area contributed by atoms with Gasteiger partial charge in [-0.25, -0.2) is 4.79 Å². The van der Waals surface area contributed by atoms with E-state index >= 15 is 0 Å². The molecule has 1 unspecified atom stereocenters. The number of benzene rings is 2. The summed E-state index contributed by atoms with van der Waals surface area (Å²) >= 11 is 6.16. The van der Waals surface area contributed by atoms with E-state index in [1.807, 2.05) is 30.5 Å². The number of carbonyl (C=O) groups is 3. The summed E-state index contributed by atoms with van der Waals surface area (Å²) in [6, 6.07) is 11.3. The van der Waals surface area contributed by atoms with Crippen molar-refractivity contribution in [2.45, 2.75) is 19.4 Å². The highest BCUT2D eigenvalue weighted by Crippen LogP contribution is 2.24. The molecule has 7 nitrogen and oxygen atoms in total. The lowest BCUT2D eigenvalue weighted by Crippen LogP contribution is -2.44. The largest absolute Gasteiger partial charge is 0.465 e. The van der Waals surface area contributed by atoms with Crippen molar-refractivity contribution in [3.63, 3.8) is 0 Å². The van der Waals surface area contributed by atoms with Gasteiger partial charge in [-0.15, -0.1) is 0 Å². The Kier molecular flexibility index (Phi) is 6.19. The van der Waals surface area contributed by atoms with Crippen LogP contribution in [0.3, 0.4) is 0 Å². The van der Waals surface area contributed by atoms with Gasteiger partial charge in [-0.2, -0.15) is 0 Å². The molecule has 0 aliphatic rings. The Morgan fingerprint density at radius 3 is 2.66 bits per heavy atom. The van der Waals surface area contributed by atoms with E-state index in [4.69, 9.17) is 16.3 Å². The molecule has 0 bridgehead atoms. The Morgan fingerprint density at radius 2 is 1.93 bits per heavy atom. The SMILES string of the molecule is COC(=O)c1ccc(Cl)c(NC(=O)C(Cc2c[nH]c3ccccc23)NC(C)=O)c1. The lowest BCUT2D eigenvalue weighted by Gasteiger charge is -2.18. The van der Waals surface area contributed by atoms with Crippen LogP contribution in [0.25, 0.3) is 10.9 Å². The quantitative estimate of drug-likeness (QED) is 0.540. The van der Waals surface area contributed by atoms with Crippen molar-refractivity contribution < 1.29 is 19.1 Å². The zero-order valence-electron chi connectivity index (χ0n) is 15.9. The number of halogens is 1. The Bertz CT molecular complexity index is 1080. The van der Waals surface area contributed by atoms with E-state index in [1.165, 1.54) is 32.2 Å². The fraction of sp³-hybridized carbons (Fsp3) is 0.190. The third kappa shape index (κ3) is 4.75. The summed E-state index contributed by atoms with van der Waals surface area (Å²) in [4.78, 5) is 39.5. The molecule has 29 heavy (non-hydrogen) atoms. The van der Waals surface area contributed by atoms with Gasteiger partial charge in [0.25, 0.3) is 0 Å². The van der Waals surface area contributed by atoms with Gasteiger partial charge in [-0.1, -0.05) is 29.8 Å². The number of H-pyrrole nitrogens is 1. The summed E-state index contributed by atoms with van der Waals surface area (Å²) in [5.41, 5.74) is 2.34. The van der Waals surface area contributed by atoms with Crippen LogP contribution < -0.4 is 10.6 Å². The molecule has 3 N–H and O–H groups in total. The summed E-state index contributed by atoms with van der Waals surface area (Å²) in [6.07, 6.45) is 2.10.